The van der Waals surface area contributed by atoms with Crippen LogP contribution in [0.1, 0.15) is 26.2 Å². The van der Waals surface area contributed by atoms with E-state index in [1.54, 1.807) is 4.90 Å². The molecular formula is C11H17NO3. The van der Waals surface area contributed by atoms with Crippen molar-refractivity contribution in [2.75, 3.05) is 13.7 Å². The van der Waals surface area contributed by atoms with Crippen LogP contribution in [0.5, 0.6) is 0 Å². The summed E-state index contributed by atoms with van der Waals surface area (Å²) in [6.07, 6.45) is 2.63. The van der Waals surface area contributed by atoms with Crippen LogP contribution in [0, 0.1) is 11.8 Å². The van der Waals surface area contributed by atoms with E-state index >= 15 is 0 Å². The molecule has 0 N–H and O–H groups in total. The first-order valence-electron chi connectivity index (χ1n) is 5.53. The highest BCUT2D eigenvalue weighted by atomic mass is 16.5. The van der Waals surface area contributed by atoms with Gasteiger partial charge in [-0.15, -0.1) is 0 Å². The topological polar surface area (TPSA) is 46.6 Å². The third kappa shape index (κ3) is 1.85. The van der Waals surface area contributed by atoms with Crippen molar-refractivity contribution in [1.29, 1.82) is 0 Å². The normalized spacial score (nSPS) is 34.0. The average molecular weight is 211 g/mol. The van der Waals surface area contributed by atoms with Crippen molar-refractivity contribution in [2.24, 2.45) is 11.8 Å². The van der Waals surface area contributed by atoms with Gasteiger partial charge in [0.2, 0.25) is 5.91 Å². The molecule has 1 aliphatic heterocycles. The number of rotatable bonds is 2. The molecule has 4 nitrogen and oxygen atoms in total. The van der Waals surface area contributed by atoms with Crippen LogP contribution in [-0.2, 0) is 14.3 Å². The number of hydrogen-bond donors (Lipinski definition) is 0. The highest BCUT2D eigenvalue weighted by molar-refractivity contribution is 5.87. The van der Waals surface area contributed by atoms with E-state index in [1.807, 2.05) is 0 Å². The van der Waals surface area contributed by atoms with E-state index in [0.717, 1.165) is 19.3 Å². The van der Waals surface area contributed by atoms with Crippen molar-refractivity contribution in [3.05, 3.63) is 0 Å². The zero-order valence-corrected chi connectivity index (χ0v) is 9.23. The molecule has 2 aliphatic rings. The Morgan fingerprint density at radius 1 is 1.40 bits per heavy atom. The lowest BCUT2D eigenvalue weighted by Crippen LogP contribution is -2.42. The molecule has 1 amide bonds. The maximum absolute atomic E-state index is 12.0. The summed E-state index contributed by atoms with van der Waals surface area (Å²) in [7, 11) is 1.38. The number of carbonyl (C=O) groups is 2. The third-order valence-electron chi connectivity index (χ3n) is 3.44. The van der Waals surface area contributed by atoms with Gasteiger partial charge in [-0.25, -0.2) is 4.79 Å². The first-order valence-corrected chi connectivity index (χ1v) is 5.53. The maximum Gasteiger partial charge on any atom is 0.328 e. The van der Waals surface area contributed by atoms with Crippen molar-refractivity contribution in [3.63, 3.8) is 0 Å². The second-order valence-corrected chi connectivity index (χ2v) is 4.53. The molecule has 0 spiro atoms. The summed E-state index contributed by atoms with van der Waals surface area (Å²) < 4.78 is 4.71. The van der Waals surface area contributed by atoms with E-state index in [2.05, 4.69) is 6.92 Å². The van der Waals surface area contributed by atoms with Gasteiger partial charge in [0.1, 0.15) is 6.04 Å². The number of hydrogen-bond acceptors (Lipinski definition) is 3. The Kier molecular flexibility index (Phi) is 2.67. The molecule has 1 aliphatic carbocycles. The predicted molar refractivity (Wildman–Crippen MR) is 54.0 cm³/mol. The largest absolute Gasteiger partial charge is 0.467 e. The van der Waals surface area contributed by atoms with Crippen LogP contribution >= 0.6 is 0 Å². The Bertz CT molecular complexity index is 290. The second kappa shape index (κ2) is 3.83. The Morgan fingerprint density at radius 3 is 2.60 bits per heavy atom. The van der Waals surface area contributed by atoms with Crippen molar-refractivity contribution in [3.8, 4) is 0 Å². The number of amides is 1. The molecule has 1 heterocycles. The van der Waals surface area contributed by atoms with E-state index in [-0.39, 0.29) is 23.8 Å². The number of ether oxygens (including phenoxy) is 1. The van der Waals surface area contributed by atoms with E-state index < -0.39 is 0 Å². The average Bonchev–Trinajstić information content (AvgIpc) is 2.79. The Morgan fingerprint density at radius 2 is 2.07 bits per heavy atom. The molecule has 0 aromatic carbocycles. The lowest BCUT2D eigenvalue weighted by atomic mass is 10.2. The minimum absolute atomic E-state index is 0.149. The number of likely N-dealkylation sites (tertiary alicyclic amines) is 1. The van der Waals surface area contributed by atoms with E-state index in [9.17, 15) is 9.59 Å². The summed E-state index contributed by atoms with van der Waals surface area (Å²) >= 11 is 0. The predicted octanol–water partition coefficient (Wildman–Crippen LogP) is 0.806. The number of methoxy groups -OCH3 is 1. The van der Waals surface area contributed by atoms with Crippen LogP contribution in [-0.4, -0.2) is 36.5 Å². The standard InChI is InChI=1S/C11H17NO3/c1-7-6-8(7)10(13)12-5-3-4-9(12)11(14)15-2/h7-9H,3-6H2,1-2H3. The summed E-state index contributed by atoms with van der Waals surface area (Å²) in [6, 6.07) is -0.324. The quantitative estimate of drug-likeness (QED) is 0.635. The molecule has 2 fully saturated rings. The smallest absolute Gasteiger partial charge is 0.328 e. The number of carbonyl (C=O) groups excluding carboxylic acids is 2. The second-order valence-electron chi connectivity index (χ2n) is 4.53. The maximum atomic E-state index is 12.0. The lowest BCUT2D eigenvalue weighted by molar-refractivity contribution is -0.151. The zero-order valence-electron chi connectivity index (χ0n) is 9.23. The molecule has 0 aromatic rings. The van der Waals surface area contributed by atoms with Gasteiger partial charge >= 0.3 is 5.97 Å². The summed E-state index contributed by atoms with van der Waals surface area (Å²) in [5, 5.41) is 0. The highest BCUT2D eigenvalue weighted by Crippen LogP contribution is 2.40. The monoisotopic (exact) mass is 211 g/mol. The van der Waals surface area contributed by atoms with Crippen LogP contribution in [0.25, 0.3) is 0 Å². The molecule has 1 saturated carbocycles. The molecule has 2 rings (SSSR count). The molecule has 84 valence electrons. The Balaban J connectivity index is 2.01. The van der Waals surface area contributed by atoms with Gasteiger partial charge in [0, 0.05) is 12.5 Å². The Labute approximate surface area is 89.6 Å². The van der Waals surface area contributed by atoms with Crippen LogP contribution in [0.15, 0.2) is 0 Å². The van der Waals surface area contributed by atoms with Gasteiger partial charge in [-0.2, -0.15) is 0 Å². The van der Waals surface area contributed by atoms with Crippen LogP contribution < -0.4 is 0 Å². The van der Waals surface area contributed by atoms with Crippen molar-refractivity contribution < 1.29 is 14.3 Å². The first kappa shape index (κ1) is 10.5. The minimum atomic E-state index is -0.324. The SMILES string of the molecule is COC(=O)C1CCCN1C(=O)C1CC1C. The summed E-state index contributed by atoms with van der Waals surface area (Å²) in [5.41, 5.74) is 0. The molecule has 4 heteroatoms. The van der Waals surface area contributed by atoms with E-state index in [0.29, 0.717) is 12.5 Å². The van der Waals surface area contributed by atoms with Gasteiger partial charge < -0.3 is 9.64 Å². The molecule has 15 heavy (non-hydrogen) atoms. The van der Waals surface area contributed by atoms with Crippen molar-refractivity contribution >= 4 is 11.9 Å². The van der Waals surface area contributed by atoms with Crippen LogP contribution in [0.4, 0.5) is 0 Å². The fourth-order valence-electron chi connectivity index (χ4n) is 2.29. The van der Waals surface area contributed by atoms with Gasteiger partial charge in [0.05, 0.1) is 7.11 Å². The van der Waals surface area contributed by atoms with E-state index in [1.165, 1.54) is 7.11 Å². The minimum Gasteiger partial charge on any atom is -0.467 e. The summed E-state index contributed by atoms with van der Waals surface area (Å²) in [4.78, 5) is 25.1. The fraction of sp³-hybridized carbons (Fsp3) is 0.818. The van der Waals surface area contributed by atoms with E-state index in [4.69, 9.17) is 4.74 Å². The molecule has 3 unspecified atom stereocenters. The first-order chi connectivity index (χ1) is 7.15. The summed E-state index contributed by atoms with van der Waals surface area (Å²) in [6.45, 7) is 2.79. The van der Waals surface area contributed by atoms with Crippen molar-refractivity contribution in [1.82, 2.24) is 4.90 Å². The molecule has 0 aromatic heterocycles. The summed E-state index contributed by atoms with van der Waals surface area (Å²) in [5.74, 6) is 0.538. The molecule has 1 saturated heterocycles. The lowest BCUT2D eigenvalue weighted by Gasteiger charge is -2.22. The fourth-order valence-corrected chi connectivity index (χ4v) is 2.29. The van der Waals surface area contributed by atoms with Crippen molar-refractivity contribution in [2.45, 2.75) is 32.2 Å². The van der Waals surface area contributed by atoms with Crippen LogP contribution in [0.3, 0.4) is 0 Å². The number of nitrogens with zero attached hydrogens (tertiary/aromatic N) is 1. The Hall–Kier alpha value is -1.06. The molecular weight excluding hydrogens is 194 g/mol. The zero-order chi connectivity index (χ0) is 11.0. The van der Waals surface area contributed by atoms with Gasteiger partial charge in [0.25, 0.3) is 0 Å². The number of esters is 1. The third-order valence-corrected chi connectivity index (χ3v) is 3.44. The van der Waals surface area contributed by atoms with Gasteiger partial charge in [-0.3, -0.25) is 4.79 Å². The van der Waals surface area contributed by atoms with Gasteiger partial charge in [-0.1, -0.05) is 6.92 Å². The van der Waals surface area contributed by atoms with Gasteiger partial charge in [-0.05, 0) is 25.2 Å². The highest BCUT2D eigenvalue weighted by Gasteiger charge is 2.45. The molecule has 3 atom stereocenters. The molecule has 0 radical (unpaired) electrons. The van der Waals surface area contributed by atoms with Crippen LogP contribution in [0.2, 0.25) is 0 Å². The molecule has 0 bridgehead atoms. The van der Waals surface area contributed by atoms with Gasteiger partial charge in [0.15, 0.2) is 0 Å².